The largest absolute Gasteiger partial charge is 0.493 e. The van der Waals surface area contributed by atoms with Crippen molar-refractivity contribution in [2.24, 2.45) is 10.9 Å². The summed E-state index contributed by atoms with van der Waals surface area (Å²) in [6.45, 7) is 9.29. The summed E-state index contributed by atoms with van der Waals surface area (Å²) in [6.07, 6.45) is 2.07. The van der Waals surface area contributed by atoms with E-state index in [-0.39, 0.29) is 30.1 Å². The second kappa shape index (κ2) is 15.9. The maximum Gasteiger partial charge on any atom is 0.195 e. The van der Waals surface area contributed by atoms with E-state index in [4.69, 9.17) is 14.2 Å². The van der Waals surface area contributed by atoms with Gasteiger partial charge in [-0.05, 0) is 31.4 Å². The molecule has 0 radical (unpaired) electrons. The Hall–Kier alpha value is -1.06. The van der Waals surface area contributed by atoms with Gasteiger partial charge in [-0.1, -0.05) is 19.9 Å². The summed E-state index contributed by atoms with van der Waals surface area (Å²) in [5.41, 5.74) is 0.938. The predicted octanol–water partition coefficient (Wildman–Crippen LogP) is 4.16. The molecule has 0 aliphatic rings. The van der Waals surface area contributed by atoms with E-state index in [0.717, 1.165) is 43.4 Å². The highest BCUT2D eigenvalue weighted by atomic mass is 127. The fourth-order valence-electron chi connectivity index (χ4n) is 2.53. The Morgan fingerprint density at radius 1 is 1.22 bits per heavy atom. The molecule has 0 fully saturated rings. The summed E-state index contributed by atoms with van der Waals surface area (Å²) in [5.74, 6) is 2.07. The SMILES string of the molecule is CCOC(CCNC(=NC)Nc1cccc(OCCCOC)c1)C(C)C.I. The number of nitrogens with one attached hydrogen (secondary N) is 2. The Balaban J connectivity index is 0.00000676. The standard InChI is InChI=1S/C20H35N3O3.HI/c1-6-25-19(16(2)3)11-12-22-20(21-4)23-17-9-7-10-18(15-17)26-14-8-13-24-5;/h7,9-10,15-16,19H,6,8,11-14H2,1-5H3,(H2,21,22,23);1H. The van der Waals surface area contributed by atoms with Crippen LogP contribution in [0.2, 0.25) is 0 Å². The Morgan fingerprint density at radius 3 is 2.63 bits per heavy atom. The number of benzene rings is 1. The number of hydrogen-bond acceptors (Lipinski definition) is 4. The van der Waals surface area contributed by atoms with E-state index >= 15 is 0 Å². The smallest absolute Gasteiger partial charge is 0.195 e. The number of aliphatic imine (C=N–C) groups is 1. The molecule has 7 heteroatoms. The topological polar surface area (TPSA) is 64.1 Å². The first-order valence-corrected chi connectivity index (χ1v) is 9.41. The number of rotatable bonds is 12. The average Bonchev–Trinajstić information content (AvgIpc) is 2.64. The summed E-state index contributed by atoms with van der Waals surface area (Å²) in [6, 6.07) is 7.87. The molecule has 1 rings (SSSR count). The third-order valence-electron chi connectivity index (χ3n) is 3.93. The molecule has 6 nitrogen and oxygen atoms in total. The van der Waals surface area contributed by atoms with Crippen LogP contribution in [-0.4, -0.2) is 52.6 Å². The molecule has 0 aromatic heterocycles. The van der Waals surface area contributed by atoms with Crippen LogP contribution in [-0.2, 0) is 9.47 Å². The van der Waals surface area contributed by atoms with Crippen molar-refractivity contribution in [1.29, 1.82) is 0 Å². The molecule has 1 unspecified atom stereocenters. The Bertz CT molecular complexity index is 527. The summed E-state index contributed by atoms with van der Waals surface area (Å²) < 4.78 is 16.5. The van der Waals surface area contributed by atoms with Gasteiger partial charge in [0.25, 0.3) is 0 Å². The number of methoxy groups -OCH3 is 1. The van der Waals surface area contributed by atoms with Crippen LogP contribution in [0.15, 0.2) is 29.3 Å². The highest BCUT2D eigenvalue weighted by Gasteiger charge is 2.13. The van der Waals surface area contributed by atoms with Gasteiger partial charge in [-0.3, -0.25) is 4.99 Å². The molecular formula is C20H36IN3O3. The van der Waals surface area contributed by atoms with E-state index in [0.29, 0.717) is 19.1 Å². The van der Waals surface area contributed by atoms with E-state index < -0.39 is 0 Å². The number of hydrogen-bond donors (Lipinski definition) is 2. The minimum absolute atomic E-state index is 0. The zero-order chi connectivity index (χ0) is 19.2. The van der Waals surface area contributed by atoms with Gasteiger partial charge in [-0.15, -0.1) is 24.0 Å². The highest BCUT2D eigenvalue weighted by molar-refractivity contribution is 14.0. The van der Waals surface area contributed by atoms with Gasteiger partial charge in [0.15, 0.2) is 5.96 Å². The maximum atomic E-state index is 5.78. The lowest BCUT2D eigenvalue weighted by molar-refractivity contribution is 0.0258. The molecule has 1 aromatic rings. The summed E-state index contributed by atoms with van der Waals surface area (Å²) in [7, 11) is 3.46. The summed E-state index contributed by atoms with van der Waals surface area (Å²) in [4.78, 5) is 4.28. The molecule has 0 heterocycles. The van der Waals surface area contributed by atoms with Crippen molar-refractivity contribution < 1.29 is 14.2 Å². The van der Waals surface area contributed by atoms with E-state index in [9.17, 15) is 0 Å². The highest BCUT2D eigenvalue weighted by Crippen LogP contribution is 2.17. The predicted molar refractivity (Wildman–Crippen MR) is 124 cm³/mol. The van der Waals surface area contributed by atoms with Gasteiger partial charge in [0.05, 0.1) is 12.7 Å². The van der Waals surface area contributed by atoms with Gasteiger partial charge in [0.2, 0.25) is 0 Å². The van der Waals surface area contributed by atoms with Crippen molar-refractivity contribution in [3.8, 4) is 5.75 Å². The molecule has 1 atom stereocenters. The summed E-state index contributed by atoms with van der Waals surface area (Å²) >= 11 is 0. The van der Waals surface area contributed by atoms with Crippen molar-refractivity contribution in [2.45, 2.75) is 39.7 Å². The number of anilines is 1. The van der Waals surface area contributed by atoms with Crippen molar-refractivity contribution in [2.75, 3.05) is 45.8 Å². The van der Waals surface area contributed by atoms with Crippen LogP contribution in [0.4, 0.5) is 5.69 Å². The molecule has 0 saturated heterocycles. The fraction of sp³-hybridized carbons (Fsp3) is 0.650. The first kappa shape index (κ1) is 25.9. The number of ether oxygens (including phenoxy) is 3. The van der Waals surface area contributed by atoms with E-state index in [1.165, 1.54) is 0 Å². The van der Waals surface area contributed by atoms with Gasteiger partial charge >= 0.3 is 0 Å². The normalized spacial score (nSPS) is 12.4. The van der Waals surface area contributed by atoms with E-state index in [2.05, 4.69) is 29.5 Å². The maximum absolute atomic E-state index is 5.78. The van der Waals surface area contributed by atoms with Crippen LogP contribution in [0, 0.1) is 5.92 Å². The second-order valence-corrected chi connectivity index (χ2v) is 6.37. The molecule has 27 heavy (non-hydrogen) atoms. The Morgan fingerprint density at radius 2 is 2.00 bits per heavy atom. The third kappa shape index (κ3) is 11.4. The van der Waals surface area contributed by atoms with Crippen molar-refractivity contribution >= 4 is 35.6 Å². The van der Waals surface area contributed by atoms with Gasteiger partial charge in [-0.2, -0.15) is 0 Å². The third-order valence-corrected chi connectivity index (χ3v) is 3.93. The zero-order valence-electron chi connectivity index (χ0n) is 17.3. The molecule has 0 aliphatic carbocycles. The number of nitrogens with zero attached hydrogens (tertiary/aromatic N) is 1. The molecule has 0 spiro atoms. The number of guanidine groups is 1. The van der Waals surface area contributed by atoms with Crippen LogP contribution in [0.25, 0.3) is 0 Å². The lowest BCUT2D eigenvalue weighted by atomic mass is 10.0. The average molecular weight is 493 g/mol. The minimum Gasteiger partial charge on any atom is -0.493 e. The summed E-state index contributed by atoms with van der Waals surface area (Å²) in [5, 5.41) is 6.64. The molecule has 0 aliphatic heterocycles. The van der Waals surface area contributed by atoms with Crippen molar-refractivity contribution in [1.82, 2.24) is 5.32 Å². The molecule has 0 saturated carbocycles. The first-order valence-electron chi connectivity index (χ1n) is 9.41. The Labute approximate surface area is 181 Å². The first-order chi connectivity index (χ1) is 12.6. The van der Waals surface area contributed by atoms with Crippen LogP contribution >= 0.6 is 24.0 Å². The lowest BCUT2D eigenvalue weighted by Crippen LogP contribution is -2.34. The monoisotopic (exact) mass is 493 g/mol. The molecule has 0 amide bonds. The van der Waals surface area contributed by atoms with Gasteiger partial charge < -0.3 is 24.8 Å². The Kier molecular flexibility index (Phi) is 15.3. The van der Waals surface area contributed by atoms with Crippen LogP contribution in [0.5, 0.6) is 5.75 Å². The molecule has 1 aromatic carbocycles. The van der Waals surface area contributed by atoms with Crippen LogP contribution < -0.4 is 15.4 Å². The molecular weight excluding hydrogens is 457 g/mol. The van der Waals surface area contributed by atoms with Crippen molar-refractivity contribution in [3.05, 3.63) is 24.3 Å². The van der Waals surface area contributed by atoms with Gasteiger partial charge in [-0.25, -0.2) is 0 Å². The minimum atomic E-state index is 0. The number of halogens is 1. The lowest BCUT2D eigenvalue weighted by Gasteiger charge is -2.21. The molecule has 2 N–H and O–H groups in total. The van der Waals surface area contributed by atoms with Crippen LogP contribution in [0.3, 0.4) is 0 Å². The second-order valence-electron chi connectivity index (χ2n) is 6.37. The van der Waals surface area contributed by atoms with Crippen molar-refractivity contribution in [3.63, 3.8) is 0 Å². The molecule has 156 valence electrons. The van der Waals surface area contributed by atoms with E-state index in [1.54, 1.807) is 14.2 Å². The zero-order valence-corrected chi connectivity index (χ0v) is 19.6. The van der Waals surface area contributed by atoms with Crippen LogP contribution in [0.1, 0.15) is 33.6 Å². The molecule has 0 bridgehead atoms. The quantitative estimate of drug-likeness (QED) is 0.198. The van der Waals surface area contributed by atoms with Gasteiger partial charge in [0, 0.05) is 52.1 Å². The van der Waals surface area contributed by atoms with E-state index in [1.807, 2.05) is 31.2 Å². The fourth-order valence-corrected chi connectivity index (χ4v) is 2.53. The van der Waals surface area contributed by atoms with Gasteiger partial charge in [0.1, 0.15) is 5.75 Å².